The average Bonchev–Trinajstić information content (AvgIpc) is 3.29. The van der Waals surface area contributed by atoms with Gasteiger partial charge in [-0.25, -0.2) is 9.67 Å². The summed E-state index contributed by atoms with van der Waals surface area (Å²) >= 11 is 1.61. The van der Waals surface area contributed by atoms with Gasteiger partial charge in [-0.3, -0.25) is 4.79 Å². The zero-order chi connectivity index (χ0) is 19.8. The summed E-state index contributed by atoms with van der Waals surface area (Å²) in [7, 11) is 1.82. The van der Waals surface area contributed by atoms with Crippen molar-refractivity contribution in [2.45, 2.75) is 33.7 Å². The summed E-state index contributed by atoms with van der Waals surface area (Å²) in [5.41, 5.74) is 7.88. The second-order valence-corrected chi connectivity index (χ2v) is 8.93. The third-order valence-corrected chi connectivity index (χ3v) is 5.52. The van der Waals surface area contributed by atoms with Gasteiger partial charge in [0.1, 0.15) is 0 Å². The Labute approximate surface area is 164 Å². The molecule has 6 nitrogen and oxygen atoms in total. The Hall–Kier alpha value is -2.25. The highest BCUT2D eigenvalue weighted by molar-refractivity contribution is 7.13. The van der Waals surface area contributed by atoms with Crippen LogP contribution in [0.25, 0.3) is 21.6 Å². The van der Waals surface area contributed by atoms with E-state index in [1.54, 1.807) is 22.4 Å². The third kappa shape index (κ3) is 3.89. The summed E-state index contributed by atoms with van der Waals surface area (Å²) in [5.74, 6) is -0.0370. The van der Waals surface area contributed by atoms with E-state index in [1.807, 2.05) is 35.3 Å². The van der Waals surface area contributed by atoms with Crippen LogP contribution in [0.1, 0.15) is 44.1 Å². The van der Waals surface area contributed by atoms with Gasteiger partial charge >= 0.3 is 0 Å². The number of pyridine rings is 1. The van der Waals surface area contributed by atoms with Gasteiger partial charge in [-0.05, 0) is 43.3 Å². The van der Waals surface area contributed by atoms with Gasteiger partial charge in [0.05, 0.1) is 27.7 Å². The molecule has 0 atom stereocenters. The molecule has 0 bridgehead atoms. The standard InChI is InChI=1S/C20H27N5OS/c1-13(2)25-18-15(10-22-25)14(9-16(23-18)17-7-6-8-27-17)19(26)24(5)12-20(3,4)11-21/h6-10,13H,11-12,21H2,1-5H3. The molecule has 0 saturated heterocycles. The molecule has 3 aromatic rings. The van der Waals surface area contributed by atoms with Gasteiger partial charge in [-0.2, -0.15) is 5.10 Å². The molecule has 0 aliphatic heterocycles. The fraction of sp³-hybridized carbons (Fsp3) is 0.450. The predicted octanol–water partition coefficient (Wildman–Crippen LogP) is 3.80. The minimum Gasteiger partial charge on any atom is -0.341 e. The van der Waals surface area contributed by atoms with E-state index in [4.69, 9.17) is 10.7 Å². The number of rotatable bonds is 6. The first-order valence-corrected chi connectivity index (χ1v) is 9.99. The number of fused-ring (bicyclic) bond motifs is 1. The molecule has 0 aliphatic carbocycles. The molecule has 0 unspecified atom stereocenters. The van der Waals surface area contributed by atoms with Crippen LogP contribution < -0.4 is 5.73 Å². The summed E-state index contributed by atoms with van der Waals surface area (Å²) in [6, 6.07) is 6.05. The summed E-state index contributed by atoms with van der Waals surface area (Å²) in [4.78, 5) is 20.9. The number of hydrogen-bond donors (Lipinski definition) is 1. The SMILES string of the molecule is CC(C)n1ncc2c(C(=O)N(C)CC(C)(C)CN)cc(-c3cccs3)nc21. The molecule has 1 amide bonds. The zero-order valence-electron chi connectivity index (χ0n) is 16.6. The fourth-order valence-electron chi connectivity index (χ4n) is 3.11. The highest BCUT2D eigenvalue weighted by Crippen LogP contribution is 2.29. The lowest BCUT2D eigenvalue weighted by Crippen LogP contribution is -2.39. The lowest BCUT2D eigenvalue weighted by atomic mass is 9.93. The second-order valence-electron chi connectivity index (χ2n) is 7.98. The van der Waals surface area contributed by atoms with Crippen LogP contribution in [0.15, 0.2) is 29.8 Å². The van der Waals surface area contributed by atoms with Crippen molar-refractivity contribution < 1.29 is 4.79 Å². The molecule has 3 rings (SSSR count). The van der Waals surface area contributed by atoms with Crippen molar-refractivity contribution in [2.24, 2.45) is 11.1 Å². The van der Waals surface area contributed by atoms with E-state index in [9.17, 15) is 4.79 Å². The highest BCUT2D eigenvalue weighted by atomic mass is 32.1. The molecule has 0 aliphatic rings. The van der Waals surface area contributed by atoms with Gasteiger partial charge in [0.25, 0.3) is 5.91 Å². The number of nitrogens with zero attached hydrogens (tertiary/aromatic N) is 4. The summed E-state index contributed by atoms with van der Waals surface area (Å²) in [6.45, 7) is 9.34. The number of carbonyl (C=O) groups excluding carboxylic acids is 1. The zero-order valence-corrected chi connectivity index (χ0v) is 17.4. The largest absolute Gasteiger partial charge is 0.341 e. The maximum Gasteiger partial charge on any atom is 0.254 e. The normalized spacial score (nSPS) is 12.1. The molecule has 0 saturated carbocycles. The predicted molar refractivity (Wildman–Crippen MR) is 111 cm³/mol. The van der Waals surface area contributed by atoms with Crippen LogP contribution in [-0.4, -0.2) is 45.7 Å². The molecule has 3 aromatic heterocycles. The van der Waals surface area contributed by atoms with Crippen LogP contribution in [0, 0.1) is 5.41 Å². The van der Waals surface area contributed by atoms with Crippen molar-refractivity contribution >= 4 is 28.3 Å². The molecule has 27 heavy (non-hydrogen) atoms. The Bertz CT molecular complexity index is 943. The van der Waals surface area contributed by atoms with E-state index < -0.39 is 0 Å². The first-order chi connectivity index (χ1) is 12.7. The number of nitrogens with two attached hydrogens (primary N) is 1. The number of carbonyl (C=O) groups is 1. The smallest absolute Gasteiger partial charge is 0.254 e. The van der Waals surface area contributed by atoms with Crippen molar-refractivity contribution in [3.63, 3.8) is 0 Å². The van der Waals surface area contributed by atoms with E-state index in [2.05, 4.69) is 32.8 Å². The molecular formula is C20H27N5OS. The van der Waals surface area contributed by atoms with Gasteiger partial charge in [0, 0.05) is 19.6 Å². The average molecular weight is 386 g/mol. The quantitative estimate of drug-likeness (QED) is 0.700. The maximum atomic E-state index is 13.3. The van der Waals surface area contributed by atoms with Crippen LogP contribution in [0.4, 0.5) is 0 Å². The van der Waals surface area contributed by atoms with Crippen LogP contribution in [0.3, 0.4) is 0 Å². The van der Waals surface area contributed by atoms with Gasteiger partial charge in [-0.15, -0.1) is 11.3 Å². The van der Waals surface area contributed by atoms with Crippen molar-refractivity contribution in [2.75, 3.05) is 20.1 Å². The highest BCUT2D eigenvalue weighted by Gasteiger charge is 2.25. The number of aromatic nitrogens is 3. The summed E-state index contributed by atoms with van der Waals surface area (Å²) in [5, 5.41) is 7.27. The van der Waals surface area contributed by atoms with Crippen molar-refractivity contribution in [1.82, 2.24) is 19.7 Å². The monoisotopic (exact) mass is 385 g/mol. The number of hydrogen-bond acceptors (Lipinski definition) is 5. The van der Waals surface area contributed by atoms with Crippen LogP contribution >= 0.6 is 11.3 Å². The number of amides is 1. The Morgan fingerprint density at radius 1 is 1.41 bits per heavy atom. The van der Waals surface area contributed by atoms with Gasteiger partial charge < -0.3 is 10.6 Å². The molecule has 7 heteroatoms. The molecule has 2 N–H and O–H groups in total. The van der Waals surface area contributed by atoms with Crippen molar-refractivity contribution in [3.8, 4) is 10.6 Å². The second kappa shape index (κ2) is 7.40. The first kappa shape index (κ1) is 19.5. The molecular weight excluding hydrogens is 358 g/mol. The van der Waals surface area contributed by atoms with Gasteiger partial charge in [0.2, 0.25) is 0 Å². The Morgan fingerprint density at radius 2 is 2.15 bits per heavy atom. The Kier molecular flexibility index (Phi) is 5.35. The maximum absolute atomic E-state index is 13.3. The van der Waals surface area contributed by atoms with Crippen molar-refractivity contribution in [3.05, 3.63) is 35.3 Å². The topological polar surface area (TPSA) is 77.0 Å². The van der Waals surface area contributed by atoms with E-state index in [0.717, 1.165) is 21.6 Å². The lowest BCUT2D eigenvalue weighted by molar-refractivity contribution is 0.0742. The Balaban J connectivity index is 2.12. The molecule has 3 heterocycles. The molecule has 0 fully saturated rings. The minimum absolute atomic E-state index is 0.0370. The van der Waals surface area contributed by atoms with Crippen molar-refractivity contribution in [1.29, 1.82) is 0 Å². The van der Waals surface area contributed by atoms with Gasteiger partial charge in [-0.1, -0.05) is 19.9 Å². The first-order valence-electron chi connectivity index (χ1n) is 9.11. The Morgan fingerprint density at radius 3 is 2.74 bits per heavy atom. The summed E-state index contributed by atoms with van der Waals surface area (Å²) in [6.07, 6.45) is 1.75. The van der Waals surface area contributed by atoms with Crippen LogP contribution in [0.5, 0.6) is 0 Å². The van der Waals surface area contributed by atoms with Crippen LogP contribution in [0.2, 0.25) is 0 Å². The third-order valence-electron chi connectivity index (χ3n) is 4.62. The lowest BCUT2D eigenvalue weighted by Gasteiger charge is -2.29. The van der Waals surface area contributed by atoms with E-state index >= 15 is 0 Å². The number of thiophene rings is 1. The summed E-state index contributed by atoms with van der Waals surface area (Å²) < 4.78 is 1.87. The molecule has 144 valence electrons. The van der Waals surface area contributed by atoms with Crippen LogP contribution in [-0.2, 0) is 0 Å². The fourth-order valence-corrected chi connectivity index (χ4v) is 3.79. The van der Waals surface area contributed by atoms with E-state index in [1.165, 1.54) is 0 Å². The van der Waals surface area contributed by atoms with Gasteiger partial charge in [0.15, 0.2) is 5.65 Å². The van der Waals surface area contributed by atoms with E-state index in [-0.39, 0.29) is 17.4 Å². The molecule has 0 aromatic carbocycles. The minimum atomic E-state index is -0.144. The molecule has 0 radical (unpaired) electrons. The molecule has 0 spiro atoms. The van der Waals surface area contributed by atoms with E-state index in [0.29, 0.717) is 18.7 Å².